The Morgan fingerprint density at radius 1 is 1.44 bits per heavy atom. The van der Waals surface area contributed by atoms with Gasteiger partial charge in [-0.1, -0.05) is 24.6 Å². The van der Waals surface area contributed by atoms with Gasteiger partial charge >= 0.3 is 0 Å². The van der Waals surface area contributed by atoms with Gasteiger partial charge in [-0.25, -0.2) is 0 Å². The van der Waals surface area contributed by atoms with Gasteiger partial charge < -0.3 is 10.2 Å². The van der Waals surface area contributed by atoms with Gasteiger partial charge in [-0.05, 0) is 43.6 Å². The molecule has 0 aromatic heterocycles. The van der Waals surface area contributed by atoms with Crippen molar-refractivity contribution >= 4 is 17.3 Å². The van der Waals surface area contributed by atoms with E-state index >= 15 is 0 Å². The zero-order valence-electron chi connectivity index (χ0n) is 9.75. The van der Waals surface area contributed by atoms with Crippen LogP contribution in [-0.4, -0.2) is 26.2 Å². The van der Waals surface area contributed by atoms with Crippen molar-refractivity contribution in [2.75, 3.05) is 31.1 Å². The molecule has 1 atom stereocenters. The van der Waals surface area contributed by atoms with Gasteiger partial charge in [0.2, 0.25) is 0 Å². The minimum atomic E-state index is 0.680. The fraction of sp³-hybridized carbons (Fsp3) is 0.538. The van der Waals surface area contributed by atoms with Crippen LogP contribution in [0.4, 0.5) is 5.69 Å². The van der Waals surface area contributed by atoms with Crippen molar-refractivity contribution in [2.24, 2.45) is 5.92 Å². The molecular weight excluding hydrogens is 220 g/mol. The van der Waals surface area contributed by atoms with Crippen molar-refractivity contribution in [2.45, 2.75) is 13.3 Å². The minimum absolute atomic E-state index is 0.680. The number of hydrogen-bond acceptors (Lipinski definition) is 2. The quantitative estimate of drug-likeness (QED) is 0.810. The summed E-state index contributed by atoms with van der Waals surface area (Å²) in [6, 6.07) is 8.16. The van der Waals surface area contributed by atoms with Crippen LogP contribution in [0.1, 0.15) is 13.3 Å². The van der Waals surface area contributed by atoms with Crippen molar-refractivity contribution < 1.29 is 0 Å². The molecule has 2 rings (SSSR count). The van der Waals surface area contributed by atoms with Gasteiger partial charge in [0.25, 0.3) is 0 Å². The van der Waals surface area contributed by atoms with Crippen LogP contribution in [0.25, 0.3) is 0 Å². The summed E-state index contributed by atoms with van der Waals surface area (Å²) in [5, 5.41) is 4.29. The number of nitrogens with one attached hydrogen (secondary N) is 1. The molecule has 0 radical (unpaired) electrons. The maximum atomic E-state index is 6.03. The molecule has 1 saturated heterocycles. The standard InChI is InChI=1S/C13H19ClN2/c1-11-9-15-6-3-7-16(10-11)13-5-2-4-12(14)8-13/h2,4-5,8,11,15H,3,6-7,9-10H2,1H3. The lowest BCUT2D eigenvalue weighted by Crippen LogP contribution is -2.38. The zero-order chi connectivity index (χ0) is 11.4. The first-order valence-electron chi connectivity index (χ1n) is 5.97. The minimum Gasteiger partial charge on any atom is -0.371 e. The lowest BCUT2D eigenvalue weighted by atomic mass is 10.1. The van der Waals surface area contributed by atoms with Gasteiger partial charge in [-0.15, -0.1) is 0 Å². The molecule has 1 aromatic rings. The van der Waals surface area contributed by atoms with E-state index in [1.54, 1.807) is 0 Å². The van der Waals surface area contributed by atoms with Gasteiger partial charge in [-0.3, -0.25) is 0 Å². The van der Waals surface area contributed by atoms with E-state index in [0.717, 1.165) is 31.2 Å². The van der Waals surface area contributed by atoms with Crippen LogP contribution in [0.2, 0.25) is 5.02 Å². The molecule has 0 spiro atoms. The predicted octanol–water partition coefficient (Wildman–Crippen LogP) is 2.78. The van der Waals surface area contributed by atoms with Crippen molar-refractivity contribution in [3.05, 3.63) is 29.3 Å². The maximum Gasteiger partial charge on any atom is 0.0426 e. The van der Waals surface area contributed by atoms with E-state index < -0.39 is 0 Å². The molecule has 1 fully saturated rings. The van der Waals surface area contributed by atoms with Crippen molar-refractivity contribution in [1.82, 2.24) is 5.32 Å². The van der Waals surface area contributed by atoms with Crippen LogP contribution >= 0.6 is 11.6 Å². The Kier molecular flexibility index (Phi) is 4.08. The molecule has 1 aliphatic rings. The Bertz CT molecular complexity index is 340. The average Bonchev–Trinajstić information content (AvgIpc) is 2.23. The normalized spacial score (nSPS) is 22.6. The Hall–Kier alpha value is -0.730. The second kappa shape index (κ2) is 5.55. The molecule has 1 aliphatic heterocycles. The van der Waals surface area contributed by atoms with E-state index in [4.69, 9.17) is 11.6 Å². The number of nitrogens with zero attached hydrogens (tertiary/aromatic N) is 1. The maximum absolute atomic E-state index is 6.03. The first-order chi connectivity index (χ1) is 7.75. The van der Waals surface area contributed by atoms with Crippen LogP contribution in [-0.2, 0) is 0 Å². The lowest BCUT2D eigenvalue weighted by molar-refractivity contribution is 0.468. The van der Waals surface area contributed by atoms with Crippen LogP contribution in [0, 0.1) is 5.92 Å². The highest BCUT2D eigenvalue weighted by molar-refractivity contribution is 6.30. The lowest BCUT2D eigenvalue weighted by Gasteiger charge is -2.30. The number of hydrogen-bond donors (Lipinski definition) is 1. The molecule has 0 bridgehead atoms. The van der Waals surface area contributed by atoms with Crippen molar-refractivity contribution in [3.63, 3.8) is 0 Å². The smallest absolute Gasteiger partial charge is 0.0426 e. The van der Waals surface area contributed by atoms with Crippen LogP contribution in [0.3, 0.4) is 0 Å². The van der Waals surface area contributed by atoms with Crippen molar-refractivity contribution in [1.29, 1.82) is 0 Å². The molecule has 1 heterocycles. The second-order valence-corrected chi connectivity index (χ2v) is 5.03. The number of rotatable bonds is 1. The average molecular weight is 239 g/mol. The summed E-state index contributed by atoms with van der Waals surface area (Å²) in [6.45, 7) is 6.72. The molecule has 16 heavy (non-hydrogen) atoms. The zero-order valence-corrected chi connectivity index (χ0v) is 10.5. The topological polar surface area (TPSA) is 15.3 Å². The van der Waals surface area contributed by atoms with E-state index in [1.807, 2.05) is 12.1 Å². The highest BCUT2D eigenvalue weighted by Crippen LogP contribution is 2.21. The third-order valence-corrected chi connectivity index (χ3v) is 3.21. The van der Waals surface area contributed by atoms with E-state index in [9.17, 15) is 0 Å². The van der Waals surface area contributed by atoms with Crippen LogP contribution < -0.4 is 10.2 Å². The monoisotopic (exact) mass is 238 g/mol. The second-order valence-electron chi connectivity index (χ2n) is 4.59. The summed E-state index contributed by atoms with van der Waals surface area (Å²) in [4.78, 5) is 2.44. The SMILES string of the molecule is CC1CNCCCN(c2cccc(Cl)c2)C1. The van der Waals surface area contributed by atoms with Gasteiger partial charge in [0.1, 0.15) is 0 Å². The molecule has 0 aliphatic carbocycles. The third-order valence-electron chi connectivity index (χ3n) is 2.98. The first kappa shape index (κ1) is 11.7. The third kappa shape index (κ3) is 3.13. The summed E-state index contributed by atoms with van der Waals surface area (Å²) < 4.78 is 0. The summed E-state index contributed by atoms with van der Waals surface area (Å²) in [5.74, 6) is 0.680. The van der Waals surface area contributed by atoms with Gasteiger partial charge in [0.15, 0.2) is 0 Å². The van der Waals surface area contributed by atoms with E-state index in [2.05, 4.69) is 29.3 Å². The Balaban J connectivity index is 2.11. The van der Waals surface area contributed by atoms with Gasteiger partial charge in [0.05, 0.1) is 0 Å². The molecule has 88 valence electrons. The summed E-state index contributed by atoms with van der Waals surface area (Å²) in [7, 11) is 0. The number of benzene rings is 1. The Morgan fingerprint density at radius 3 is 3.12 bits per heavy atom. The summed E-state index contributed by atoms with van der Waals surface area (Å²) >= 11 is 6.03. The molecule has 1 unspecified atom stereocenters. The van der Waals surface area contributed by atoms with Crippen LogP contribution in [0.15, 0.2) is 24.3 Å². The number of halogens is 1. The van der Waals surface area contributed by atoms with Crippen molar-refractivity contribution in [3.8, 4) is 0 Å². The van der Waals surface area contributed by atoms with E-state index in [0.29, 0.717) is 5.92 Å². The summed E-state index contributed by atoms with van der Waals surface area (Å²) in [5.41, 5.74) is 1.25. The fourth-order valence-corrected chi connectivity index (χ4v) is 2.37. The molecule has 3 heteroatoms. The highest BCUT2D eigenvalue weighted by Gasteiger charge is 2.13. The molecule has 0 saturated carbocycles. The van der Waals surface area contributed by atoms with Gasteiger partial charge in [-0.2, -0.15) is 0 Å². The largest absolute Gasteiger partial charge is 0.371 e. The Labute approximate surface area is 103 Å². The fourth-order valence-electron chi connectivity index (χ4n) is 2.18. The molecule has 0 amide bonds. The molecule has 1 N–H and O–H groups in total. The van der Waals surface area contributed by atoms with Crippen LogP contribution in [0.5, 0.6) is 0 Å². The van der Waals surface area contributed by atoms with E-state index in [1.165, 1.54) is 12.1 Å². The van der Waals surface area contributed by atoms with Gasteiger partial charge in [0, 0.05) is 23.8 Å². The number of anilines is 1. The highest BCUT2D eigenvalue weighted by atomic mass is 35.5. The predicted molar refractivity (Wildman–Crippen MR) is 70.3 cm³/mol. The molecular formula is C13H19ClN2. The first-order valence-corrected chi connectivity index (χ1v) is 6.35. The molecule has 2 nitrogen and oxygen atoms in total. The molecule has 1 aromatic carbocycles. The van der Waals surface area contributed by atoms with E-state index in [-0.39, 0.29) is 0 Å². The Morgan fingerprint density at radius 2 is 2.31 bits per heavy atom. The summed E-state index contributed by atoms with van der Waals surface area (Å²) in [6.07, 6.45) is 1.19.